The van der Waals surface area contributed by atoms with Crippen LogP contribution < -0.4 is 5.32 Å². The second-order valence-electron chi connectivity index (χ2n) is 4.02. The van der Waals surface area contributed by atoms with E-state index in [9.17, 15) is 0 Å². The molecule has 0 amide bonds. The van der Waals surface area contributed by atoms with Crippen molar-refractivity contribution in [2.45, 2.75) is 38.5 Å². The Balaban J connectivity index is 2.12. The fraction of sp³-hybridized carbons (Fsp3) is 1.00. The minimum atomic E-state index is 0.0376. The molecule has 0 aromatic heterocycles. The molecule has 1 aliphatic rings. The highest BCUT2D eigenvalue weighted by molar-refractivity contribution is 4.70. The van der Waals surface area contributed by atoms with E-state index in [0.29, 0.717) is 19.3 Å². The number of aliphatic hydroxyl groups excluding tert-OH is 1. The van der Waals surface area contributed by atoms with Crippen LogP contribution in [-0.2, 0) is 9.47 Å². The summed E-state index contributed by atoms with van der Waals surface area (Å²) in [6, 6.07) is 0.408. The Morgan fingerprint density at radius 2 is 2.36 bits per heavy atom. The summed E-state index contributed by atoms with van der Waals surface area (Å²) in [5.74, 6) is 0. The van der Waals surface area contributed by atoms with E-state index in [-0.39, 0.29) is 18.8 Å². The molecule has 0 spiro atoms. The van der Waals surface area contributed by atoms with Crippen molar-refractivity contribution in [2.75, 3.05) is 26.4 Å². The van der Waals surface area contributed by atoms with Gasteiger partial charge in [0.1, 0.15) is 0 Å². The lowest BCUT2D eigenvalue weighted by Gasteiger charge is -2.20. The van der Waals surface area contributed by atoms with Gasteiger partial charge in [0, 0.05) is 12.6 Å². The zero-order valence-electron chi connectivity index (χ0n) is 9.03. The molecule has 1 heterocycles. The van der Waals surface area contributed by atoms with E-state index in [0.717, 1.165) is 13.0 Å². The van der Waals surface area contributed by atoms with Crippen LogP contribution in [0.2, 0.25) is 0 Å². The predicted octanol–water partition coefficient (Wildman–Crippen LogP) is 0.151. The molecule has 2 unspecified atom stereocenters. The molecule has 1 saturated heterocycles. The minimum absolute atomic E-state index is 0.0376. The van der Waals surface area contributed by atoms with E-state index in [1.54, 1.807) is 0 Å². The highest BCUT2D eigenvalue weighted by Crippen LogP contribution is 2.08. The summed E-state index contributed by atoms with van der Waals surface area (Å²) >= 11 is 0. The van der Waals surface area contributed by atoms with Crippen molar-refractivity contribution >= 4 is 0 Å². The number of hydrogen-bond acceptors (Lipinski definition) is 4. The zero-order chi connectivity index (χ0) is 10.4. The van der Waals surface area contributed by atoms with Gasteiger partial charge in [-0.05, 0) is 6.42 Å². The van der Waals surface area contributed by atoms with Gasteiger partial charge in [-0.15, -0.1) is 0 Å². The van der Waals surface area contributed by atoms with Gasteiger partial charge in [0.25, 0.3) is 0 Å². The molecule has 2 N–H and O–H groups in total. The van der Waals surface area contributed by atoms with Crippen LogP contribution in [0, 0.1) is 0 Å². The van der Waals surface area contributed by atoms with Crippen LogP contribution in [0.5, 0.6) is 0 Å². The summed E-state index contributed by atoms with van der Waals surface area (Å²) in [6.45, 7) is 6.28. The predicted molar refractivity (Wildman–Crippen MR) is 54.3 cm³/mol. The summed E-state index contributed by atoms with van der Waals surface area (Å²) in [7, 11) is 0. The third-order valence-electron chi connectivity index (χ3n) is 2.21. The van der Waals surface area contributed by atoms with Gasteiger partial charge in [0.05, 0.1) is 32.0 Å². The molecule has 14 heavy (non-hydrogen) atoms. The molecule has 0 saturated carbocycles. The van der Waals surface area contributed by atoms with Gasteiger partial charge in [-0.2, -0.15) is 0 Å². The molecule has 84 valence electrons. The van der Waals surface area contributed by atoms with E-state index >= 15 is 0 Å². The Morgan fingerprint density at radius 1 is 1.57 bits per heavy atom. The zero-order valence-corrected chi connectivity index (χ0v) is 9.03. The standard InChI is InChI=1S/C10H21NO3/c1-8(2)11-9(5-12)6-14-10-3-4-13-7-10/h8-12H,3-7H2,1-2H3. The Bertz CT molecular complexity index is 146. The second-order valence-corrected chi connectivity index (χ2v) is 4.02. The minimum Gasteiger partial charge on any atom is -0.395 e. The van der Waals surface area contributed by atoms with Crippen LogP contribution >= 0.6 is 0 Å². The first-order valence-corrected chi connectivity index (χ1v) is 5.28. The molecular weight excluding hydrogens is 182 g/mol. The summed E-state index contributed by atoms with van der Waals surface area (Å²) in [4.78, 5) is 0. The summed E-state index contributed by atoms with van der Waals surface area (Å²) in [6.07, 6.45) is 1.19. The topological polar surface area (TPSA) is 50.7 Å². The maximum Gasteiger partial charge on any atom is 0.0831 e. The van der Waals surface area contributed by atoms with E-state index in [1.807, 2.05) is 0 Å². The van der Waals surface area contributed by atoms with Crippen LogP contribution in [0.25, 0.3) is 0 Å². The SMILES string of the molecule is CC(C)NC(CO)COC1CCOC1. The lowest BCUT2D eigenvalue weighted by molar-refractivity contribution is 0.0191. The van der Waals surface area contributed by atoms with Gasteiger partial charge in [0.2, 0.25) is 0 Å². The Hall–Kier alpha value is -0.160. The van der Waals surface area contributed by atoms with Crippen molar-refractivity contribution in [2.24, 2.45) is 0 Å². The first-order valence-electron chi connectivity index (χ1n) is 5.28. The van der Waals surface area contributed by atoms with Crippen molar-refractivity contribution in [1.29, 1.82) is 0 Å². The van der Waals surface area contributed by atoms with Crippen LogP contribution in [-0.4, -0.2) is 49.7 Å². The Kier molecular flexibility index (Phi) is 5.40. The normalized spacial score (nSPS) is 24.4. The summed E-state index contributed by atoms with van der Waals surface area (Å²) < 4.78 is 10.8. The molecule has 4 nitrogen and oxygen atoms in total. The Morgan fingerprint density at radius 3 is 2.86 bits per heavy atom. The van der Waals surface area contributed by atoms with Gasteiger partial charge in [0.15, 0.2) is 0 Å². The molecule has 0 bridgehead atoms. The maximum absolute atomic E-state index is 9.08. The number of nitrogens with one attached hydrogen (secondary N) is 1. The largest absolute Gasteiger partial charge is 0.395 e. The number of ether oxygens (including phenoxy) is 2. The summed E-state index contributed by atoms with van der Waals surface area (Å²) in [5, 5.41) is 12.3. The van der Waals surface area contributed by atoms with Crippen molar-refractivity contribution in [3.05, 3.63) is 0 Å². The van der Waals surface area contributed by atoms with Gasteiger partial charge < -0.3 is 19.9 Å². The lowest BCUT2D eigenvalue weighted by atomic mass is 10.2. The van der Waals surface area contributed by atoms with Gasteiger partial charge in [-0.1, -0.05) is 13.8 Å². The molecule has 2 atom stereocenters. The fourth-order valence-corrected chi connectivity index (χ4v) is 1.52. The van der Waals surface area contributed by atoms with Crippen LogP contribution in [0.15, 0.2) is 0 Å². The highest BCUT2D eigenvalue weighted by atomic mass is 16.5. The van der Waals surface area contributed by atoms with E-state index < -0.39 is 0 Å². The third-order valence-corrected chi connectivity index (χ3v) is 2.21. The van der Waals surface area contributed by atoms with Crippen LogP contribution in [0.1, 0.15) is 20.3 Å². The average molecular weight is 203 g/mol. The number of rotatable bonds is 6. The summed E-state index contributed by atoms with van der Waals surface area (Å²) in [5.41, 5.74) is 0. The Labute approximate surface area is 85.6 Å². The van der Waals surface area contributed by atoms with Crippen LogP contribution in [0.4, 0.5) is 0 Å². The molecule has 0 aromatic carbocycles. The molecule has 0 aliphatic carbocycles. The first-order chi connectivity index (χ1) is 6.72. The number of hydrogen-bond donors (Lipinski definition) is 2. The van der Waals surface area contributed by atoms with Crippen LogP contribution in [0.3, 0.4) is 0 Å². The first kappa shape index (κ1) is 11.9. The van der Waals surface area contributed by atoms with Crippen molar-refractivity contribution in [1.82, 2.24) is 5.32 Å². The van der Waals surface area contributed by atoms with Gasteiger partial charge in [-0.3, -0.25) is 0 Å². The quantitative estimate of drug-likeness (QED) is 0.645. The van der Waals surface area contributed by atoms with Gasteiger partial charge >= 0.3 is 0 Å². The lowest BCUT2D eigenvalue weighted by Crippen LogP contribution is -2.41. The highest BCUT2D eigenvalue weighted by Gasteiger charge is 2.18. The third kappa shape index (κ3) is 4.37. The molecule has 1 aliphatic heterocycles. The molecule has 1 fully saturated rings. The molecule has 0 aromatic rings. The molecule has 1 rings (SSSR count). The molecule has 4 heteroatoms. The van der Waals surface area contributed by atoms with Crippen molar-refractivity contribution < 1.29 is 14.6 Å². The second kappa shape index (κ2) is 6.35. The van der Waals surface area contributed by atoms with E-state index in [1.165, 1.54) is 0 Å². The van der Waals surface area contributed by atoms with E-state index in [4.69, 9.17) is 14.6 Å². The maximum atomic E-state index is 9.08. The van der Waals surface area contributed by atoms with E-state index in [2.05, 4.69) is 19.2 Å². The average Bonchev–Trinajstić information content (AvgIpc) is 2.64. The van der Waals surface area contributed by atoms with Crippen molar-refractivity contribution in [3.8, 4) is 0 Å². The molecular formula is C10H21NO3. The monoisotopic (exact) mass is 203 g/mol. The van der Waals surface area contributed by atoms with Crippen molar-refractivity contribution in [3.63, 3.8) is 0 Å². The number of aliphatic hydroxyl groups is 1. The fourth-order valence-electron chi connectivity index (χ4n) is 1.52. The molecule has 0 radical (unpaired) electrons. The van der Waals surface area contributed by atoms with Gasteiger partial charge in [-0.25, -0.2) is 0 Å². The smallest absolute Gasteiger partial charge is 0.0831 e.